The Bertz CT molecular complexity index is 641. The first kappa shape index (κ1) is 13.0. The highest BCUT2D eigenvalue weighted by Gasteiger charge is 2.25. The summed E-state index contributed by atoms with van der Waals surface area (Å²) in [6.07, 6.45) is 5.93. The Balaban J connectivity index is 1.61. The molecule has 20 heavy (non-hydrogen) atoms. The van der Waals surface area contributed by atoms with Crippen LogP contribution in [0.25, 0.3) is 0 Å². The molecule has 1 aliphatic rings. The number of nitrogens with two attached hydrogens (primary N) is 1. The number of imidazole rings is 1. The van der Waals surface area contributed by atoms with Crippen LogP contribution in [0.5, 0.6) is 5.75 Å². The molecule has 1 heterocycles. The Hall–Kier alpha value is -2.01. The summed E-state index contributed by atoms with van der Waals surface area (Å²) in [4.78, 5) is 12.1. The zero-order valence-electron chi connectivity index (χ0n) is 11.4. The number of para-hydroxylation sites is 1. The third kappa shape index (κ3) is 2.63. The topological polar surface area (TPSA) is 62.2 Å². The summed E-state index contributed by atoms with van der Waals surface area (Å²) in [5.41, 5.74) is 6.70. The number of ether oxygens (including phenoxy) is 1. The van der Waals surface area contributed by atoms with Gasteiger partial charge in [-0.3, -0.25) is 9.13 Å². The van der Waals surface area contributed by atoms with E-state index >= 15 is 0 Å². The fourth-order valence-corrected chi connectivity index (χ4v) is 2.30. The maximum atomic E-state index is 12.1. The molecule has 0 spiro atoms. The fraction of sp³-hybridized carbons (Fsp3) is 0.400. The predicted molar refractivity (Wildman–Crippen MR) is 76.8 cm³/mol. The molecule has 5 nitrogen and oxygen atoms in total. The molecule has 1 aromatic carbocycles. The van der Waals surface area contributed by atoms with Crippen molar-refractivity contribution in [3.8, 4) is 5.75 Å². The minimum Gasteiger partial charge on any atom is -0.491 e. The van der Waals surface area contributed by atoms with Gasteiger partial charge < -0.3 is 10.5 Å². The molecule has 0 saturated heterocycles. The van der Waals surface area contributed by atoms with Crippen LogP contribution in [0.2, 0.25) is 0 Å². The highest BCUT2D eigenvalue weighted by molar-refractivity contribution is 5.32. The second-order valence-corrected chi connectivity index (χ2v) is 5.07. The van der Waals surface area contributed by atoms with Gasteiger partial charge in [-0.05, 0) is 18.9 Å². The van der Waals surface area contributed by atoms with E-state index in [9.17, 15) is 4.79 Å². The first-order chi connectivity index (χ1) is 9.79. The number of aromatic nitrogens is 2. The average Bonchev–Trinajstić information content (AvgIpc) is 3.25. The van der Waals surface area contributed by atoms with Crippen molar-refractivity contribution in [3.05, 3.63) is 52.7 Å². The average molecular weight is 273 g/mol. The molecule has 1 fully saturated rings. The minimum atomic E-state index is 0.0585. The Kier molecular flexibility index (Phi) is 3.60. The van der Waals surface area contributed by atoms with Crippen LogP contribution in [0.1, 0.15) is 24.4 Å². The van der Waals surface area contributed by atoms with Crippen LogP contribution in [-0.2, 0) is 13.1 Å². The van der Waals surface area contributed by atoms with Gasteiger partial charge in [-0.1, -0.05) is 18.2 Å². The maximum absolute atomic E-state index is 12.1. The van der Waals surface area contributed by atoms with Gasteiger partial charge in [-0.15, -0.1) is 0 Å². The van der Waals surface area contributed by atoms with Crippen LogP contribution < -0.4 is 16.2 Å². The molecule has 0 aliphatic heterocycles. The highest BCUT2D eigenvalue weighted by atomic mass is 16.5. The first-order valence-electron chi connectivity index (χ1n) is 6.97. The van der Waals surface area contributed by atoms with Crippen LogP contribution in [0.3, 0.4) is 0 Å². The lowest BCUT2D eigenvalue weighted by Crippen LogP contribution is -2.25. The van der Waals surface area contributed by atoms with Crippen LogP contribution in [0.15, 0.2) is 41.5 Å². The molecule has 106 valence electrons. The molecule has 0 bridgehead atoms. The summed E-state index contributed by atoms with van der Waals surface area (Å²) < 4.78 is 9.23. The molecule has 2 N–H and O–H groups in total. The largest absolute Gasteiger partial charge is 0.491 e. The summed E-state index contributed by atoms with van der Waals surface area (Å²) in [6, 6.07) is 8.13. The summed E-state index contributed by atoms with van der Waals surface area (Å²) in [6.45, 7) is 1.47. The lowest BCUT2D eigenvalue weighted by atomic mass is 10.2. The van der Waals surface area contributed by atoms with E-state index in [1.54, 1.807) is 4.57 Å². The molecule has 0 atom stereocenters. The quantitative estimate of drug-likeness (QED) is 0.868. The zero-order valence-corrected chi connectivity index (χ0v) is 11.4. The van der Waals surface area contributed by atoms with Gasteiger partial charge in [0.25, 0.3) is 0 Å². The third-order valence-electron chi connectivity index (χ3n) is 3.60. The van der Waals surface area contributed by atoms with Crippen molar-refractivity contribution in [1.82, 2.24) is 9.13 Å². The summed E-state index contributed by atoms with van der Waals surface area (Å²) in [7, 11) is 0. The highest BCUT2D eigenvalue weighted by Crippen LogP contribution is 2.33. The van der Waals surface area contributed by atoms with Crippen LogP contribution in [0.4, 0.5) is 0 Å². The van der Waals surface area contributed by atoms with E-state index in [1.165, 1.54) is 0 Å². The predicted octanol–water partition coefficient (Wildman–Crippen LogP) is 1.52. The number of rotatable bonds is 6. The summed E-state index contributed by atoms with van der Waals surface area (Å²) >= 11 is 0. The molecular weight excluding hydrogens is 254 g/mol. The molecule has 0 unspecified atom stereocenters. The zero-order chi connectivity index (χ0) is 13.9. The van der Waals surface area contributed by atoms with E-state index in [0.29, 0.717) is 25.7 Å². The van der Waals surface area contributed by atoms with Gasteiger partial charge in [0, 0.05) is 30.5 Å². The monoisotopic (exact) mass is 273 g/mol. The van der Waals surface area contributed by atoms with Crippen LogP contribution in [-0.4, -0.2) is 15.7 Å². The Morgan fingerprint density at radius 2 is 2.05 bits per heavy atom. The molecule has 0 radical (unpaired) electrons. The second-order valence-electron chi connectivity index (χ2n) is 5.07. The molecule has 0 amide bonds. The molecule has 2 aromatic rings. The first-order valence-corrected chi connectivity index (χ1v) is 6.97. The third-order valence-corrected chi connectivity index (χ3v) is 3.60. The van der Waals surface area contributed by atoms with Crippen molar-refractivity contribution in [2.24, 2.45) is 5.73 Å². The van der Waals surface area contributed by atoms with Crippen molar-refractivity contribution in [1.29, 1.82) is 0 Å². The summed E-state index contributed by atoms with van der Waals surface area (Å²) in [5, 5.41) is 0. The van der Waals surface area contributed by atoms with E-state index in [-0.39, 0.29) is 5.69 Å². The Morgan fingerprint density at radius 1 is 1.25 bits per heavy atom. The molecule has 1 saturated carbocycles. The maximum Gasteiger partial charge on any atom is 0.328 e. The fourth-order valence-electron chi connectivity index (χ4n) is 2.30. The van der Waals surface area contributed by atoms with Gasteiger partial charge in [0.05, 0.1) is 6.54 Å². The van der Waals surface area contributed by atoms with Crippen molar-refractivity contribution >= 4 is 0 Å². The van der Waals surface area contributed by atoms with Gasteiger partial charge in [-0.2, -0.15) is 0 Å². The van der Waals surface area contributed by atoms with Crippen molar-refractivity contribution in [2.45, 2.75) is 32.0 Å². The van der Waals surface area contributed by atoms with E-state index in [1.807, 2.05) is 41.2 Å². The smallest absolute Gasteiger partial charge is 0.328 e. The van der Waals surface area contributed by atoms with Crippen LogP contribution in [0, 0.1) is 0 Å². The standard InChI is InChI=1S/C15H19N3O2/c16-11-12-3-1-2-4-14(12)20-10-9-17-7-8-18(15(17)19)13-5-6-13/h1-4,7-8,13H,5-6,9-11,16H2. The number of benzene rings is 1. The van der Waals surface area contributed by atoms with E-state index in [0.717, 1.165) is 24.2 Å². The Morgan fingerprint density at radius 3 is 2.80 bits per heavy atom. The summed E-state index contributed by atoms with van der Waals surface area (Å²) in [5.74, 6) is 0.796. The second kappa shape index (κ2) is 5.54. The van der Waals surface area contributed by atoms with Crippen molar-refractivity contribution in [3.63, 3.8) is 0 Å². The lowest BCUT2D eigenvalue weighted by molar-refractivity contribution is 0.293. The number of hydrogen-bond donors (Lipinski definition) is 1. The van der Waals surface area contributed by atoms with E-state index in [2.05, 4.69) is 0 Å². The Labute approximate surface area is 117 Å². The number of nitrogens with zero attached hydrogens (tertiary/aromatic N) is 2. The van der Waals surface area contributed by atoms with E-state index in [4.69, 9.17) is 10.5 Å². The van der Waals surface area contributed by atoms with Gasteiger partial charge in [0.1, 0.15) is 12.4 Å². The number of hydrogen-bond acceptors (Lipinski definition) is 3. The van der Waals surface area contributed by atoms with Gasteiger partial charge in [0.2, 0.25) is 0 Å². The SMILES string of the molecule is NCc1ccccc1OCCn1ccn(C2CC2)c1=O. The van der Waals surface area contributed by atoms with Crippen molar-refractivity contribution < 1.29 is 4.74 Å². The molecular formula is C15H19N3O2. The van der Waals surface area contributed by atoms with Crippen LogP contribution >= 0.6 is 0 Å². The molecule has 1 aromatic heterocycles. The molecule has 1 aliphatic carbocycles. The minimum absolute atomic E-state index is 0.0585. The van der Waals surface area contributed by atoms with Gasteiger partial charge in [0.15, 0.2) is 0 Å². The van der Waals surface area contributed by atoms with Crippen molar-refractivity contribution in [2.75, 3.05) is 6.61 Å². The van der Waals surface area contributed by atoms with Gasteiger partial charge in [-0.25, -0.2) is 4.79 Å². The molecule has 3 rings (SSSR count). The lowest BCUT2D eigenvalue weighted by Gasteiger charge is -2.10. The van der Waals surface area contributed by atoms with E-state index < -0.39 is 0 Å². The van der Waals surface area contributed by atoms with Gasteiger partial charge >= 0.3 is 5.69 Å². The molecule has 5 heteroatoms. The normalized spacial score (nSPS) is 14.4.